The maximum absolute atomic E-state index is 13.4. The zero-order chi connectivity index (χ0) is 18.7. The van der Waals surface area contributed by atoms with E-state index in [0.717, 1.165) is 4.52 Å². The third-order valence-corrected chi connectivity index (χ3v) is 3.70. The number of ether oxygens (including phenoxy) is 1. The predicted molar refractivity (Wildman–Crippen MR) is 87.5 cm³/mol. The molecule has 1 amide bonds. The van der Waals surface area contributed by atoms with Crippen LogP contribution in [-0.2, 0) is 4.74 Å². The molecule has 6 nitrogen and oxygen atoms in total. The van der Waals surface area contributed by atoms with Gasteiger partial charge in [0.15, 0.2) is 5.65 Å². The van der Waals surface area contributed by atoms with Gasteiger partial charge in [0.25, 0.3) is 12.3 Å². The van der Waals surface area contributed by atoms with Crippen LogP contribution in [0.2, 0.25) is 0 Å². The highest BCUT2D eigenvalue weighted by Crippen LogP contribution is 2.26. The fourth-order valence-corrected chi connectivity index (χ4v) is 2.43. The van der Waals surface area contributed by atoms with Crippen LogP contribution in [0.15, 0.2) is 36.5 Å². The molecule has 2 heterocycles. The normalized spacial score (nSPS) is 11.3. The number of hydrogen-bond donors (Lipinski definition) is 1. The molecule has 0 fully saturated rings. The minimum atomic E-state index is -2.83. The van der Waals surface area contributed by atoms with Crippen LogP contribution in [0.3, 0.4) is 0 Å². The van der Waals surface area contributed by atoms with Gasteiger partial charge < -0.3 is 10.1 Å². The Labute approximate surface area is 146 Å². The van der Waals surface area contributed by atoms with Gasteiger partial charge in [-0.3, -0.25) is 4.79 Å². The maximum Gasteiger partial charge on any atom is 0.280 e. The third kappa shape index (κ3) is 3.52. The summed E-state index contributed by atoms with van der Waals surface area (Å²) in [6.45, 7) is 0.563. The molecule has 0 aliphatic heterocycles. The van der Waals surface area contributed by atoms with Crippen molar-refractivity contribution in [3.05, 3.63) is 53.6 Å². The average molecular weight is 364 g/mol. The first-order valence-corrected chi connectivity index (χ1v) is 7.71. The SMILES string of the molecule is COCCNC(=O)c1cnn2c(C(F)F)cc(-c3ccc(F)cc3)nc12. The molecule has 136 valence electrons. The summed E-state index contributed by atoms with van der Waals surface area (Å²) in [5, 5.41) is 6.46. The number of rotatable bonds is 6. The first kappa shape index (κ1) is 17.9. The van der Waals surface area contributed by atoms with Crippen LogP contribution in [0, 0.1) is 5.82 Å². The summed E-state index contributed by atoms with van der Waals surface area (Å²) in [7, 11) is 1.49. The Morgan fingerprint density at radius 2 is 2.04 bits per heavy atom. The molecule has 0 atom stereocenters. The Bertz CT molecular complexity index is 926. The summed E-state index contributed by atoms with van der Waals surface area (Å²) in [5.41, 5.74) is 0.288. The number of alkyl halides is 2. The molecule has 0 aliphatic rings. The monoisotopic (exact) mass is 364 g/mol. The molecule has 0 spiro atoms. The van der Waals surface area contributed by atoms with E-state index in [9.17, 15) is 18.0 Å². The topological polar surface area (TPSA) is 68.5 Å². The molecule has 3 rings (SSSR count). The van der Waals surface area contributed by atoms with Gasteiger partial charge in [-0.2, -0.15) is 5.10 Å². The van der Waals surface area contributed by atoms with E-state index in [1.165, 1.54) is 43.6 Å². The molecule has 0 radical (unpaired) electrons. The molecule has 0 aliphatic carbocycles. The van der Waals surface area contributed by atoms with Crippen LogP contribution in [0.25, 0.3) is 16.9 Å². The number of methoxy groups -OCH3 is 1. The number of fused-ring (bicyclic) bond motifs is 1. The highest BCUT2D eigenvalue weighted by Gasteiger charge is 2.21. The lowest BCUT2D eigenvalue weighted by Gasteiger charge is -2.09. The lowest BCUT2D eigenvalue weighted by atomic mass is 10.1. The van der Waals surface area contributed by atoms with E-state index < -0.39 is 23.8 Å². The van der Waals surface area contributed by atoms with Gasteiger partial charge in [-0.25, -0.2) is 22.7 Å². The highest BCUT2D eigenvalue weighted by atomic mass is 19.3. The van der Waals surface area contributed by atoms with E-state index in [0.29, 0.717) is 12.2 Å². The molecule has 1 aromatic carbocycles. The molecule has 2 aromatic heterocycles. The first-order chi connectivity index (χ1) is 12.5. The van der Waals surface area contributed by atoms with Crippen molar-refractivity contribution in [2.75, 3.05) is 20.3 Å². The lowest BCUT2D eigenvalue weighted by Crippen LogP contribution is -2.27. The Morgan fingerprint density at radius 1 is 1.31 bits per heavy atom. The second-order valence-corrected chi connectivity index (χ2v) is 5.42. The van der Waals surface area contributed by atoms with E-state index in [-0.39, 0.29) is 23.4 Å². The second-order valence-electron chi connectivity index (χ2n) is 5.42. The summed E-state index contributed by atoms with van der Waals surface area (Å²) in [5.74, 6) is -0.951. The molecule has 9 heteroatoms. The van der Waals surface area contributed by atoms with Crippen LogP contribution < -0.4 is 5.32 Å². The molecule has 0 saturated heterocycles. The number of hydrogen-bond acceptors (Lipinski definition) is 4. The summed E-state index contributed by atoms with van der Waals surface area (Å²) in [4.78, 5) is 16.6. The minimum Gasteiger partial charge on any atom is -0.383 e. The van der Waals surface area contributed by atoms with E-state index in [2.05, 4.69) is 15.4 Å². The van der Waals surface area contributed by atoms with Crippen molar-refractivity contribution >= 4 is 11.6 Å². The molecular formula is C17H15F3N4O2. The van der Waals surface area contributed by atoms with Crippen molar-refractivity contribution in [2.45, 2.75) is 6.43 Å². The Hall–Kier alpha value is -2.94. The van der Waals surface area contributed by atoms with E-state index in [1.807, 2.05) is 0 Å². The van der Waals surface area contributed by atoms with Gasteiger partial charge in [0.2, 0.25) is 0 Å². The Balaban J connectivity index is 2.09. The van der Waals surface area contributed by atoms with Gasteiger partial charge in [0, 0.05) is 19.2 Å². The molecule has 1 N–H and O–H groups in total. The highest BCUT2D eigenvalue weighted by molar-refractivity contribution is 5.99. The van der Waals surface area contributed by atoms with Gasteiger partial charge in [-0.05, 0) is 30.3 Å². The number of benzene rings is 1. The largest absolute Gasteiger partial charge is 0.383 e. The van der Waals surface area contributed by atoms with Gasteiger partial charge >= 0.3 is 0 Å². The number of halogens is 3. The Morgan fingerprint density at radius 3 is 2.69 bits per heavy atom. The quantitative estimate of drug-likeness (QED) is 0.683. The van der Waals surface area contributed by atoms with Crippen LogP contribution in [0.5, 0.6) is 0 Å². The molecule has 0 bridgehead atoms. The fraction of sp³-hybridized carbons (Fsp3) is 0.235. The standard InChI is InChI=1S/C17H15F3N4O2/c1-26-7-6-21-17(25)12-9-22-24-14(15(19)20)8-13(23-16(12)24)10-2-4-11(18)5-3-10/h2-5,8-9,15H,6-7H2,1H3,(H,21,25). The molecule has 3 aromatic rings. The maximum atomic E-state index is 13.4. The predicted octanol–water partition coefficient (Wildman–Crippen LogP) is 2.85. The number of nitrogens with one attached hydrogen (secondary N) is 1. The van der Waals surface area contributed by atoms with E-state index in [4.69, 9.17) is 4.74 Å². The average Bonchev–Trinajstić information content (AvgIpc) is 3.05. The zero-order valence-electron chi connectivity index (χ0n) is 13.7. The van der Waals surface area contributed by atoms with E-state index >= 15 is 0 Å². The van der Waals surface area contributed by atoms with Crippen molar-refractivity contribution in [1.82, 2.24) is 19.9 Å². The number of aromatic nitrogens is 3. The van der Waals surface area contributed by atoms with Crippen molar-refractivity contribution in [3.63, 3.8) is 0 Å². The van der Waals surface area contributed by atoms with Gasteiger partial charge in [0.1, 0.15) is 17.1 Å². The molecular weight excluding hydrogens is 349 g/mol. The number of carbonyl (C=O) groups excluding carboxylic acids is 1. The first-order valence-electron chi connectivity index (χ1n) is 7.71. The van der Waals surface area contributed by atoms with Crippen LogP contribution in [-0.4, -0.2) is 40.8 Å². The van der Waals surface area contributed by atoms with Crippen molar-refractivity contribution in [3.8, 4) is 11.3 Å². The fourth-order valence-electron chi connectivity index (χ4n) is 2.43. The third-order valence-electron chi connectivity index (χ3n) is 3.70. The van der Waals surface area contributed by atoms with Crippen molar-refractivity contribution in [2.24, 2.45) is 0 Å². The van der Waals surface area contributed by atoms with Crippen molar-refractivity contribution < 1.29 is 22.7 Å². The van der Waals surface area contributed by atoms with Crippen molar-refractivity contribution in [1.29, 1.82) is 0 Å². The smallest absolute Gasteiger partial charge is 0.280 e. The number of carbonyl (C=O) groups is 1. The van der Waals surface area contributed by atoms with Gasteiger partial charge in [-0.15, -0.1) is 0 Å². The van der Waals surface area contributed by atoms with Crippen LogP contribution in [0.1, 0.15) is 22.5 Å². The second kappa shape index (κ2) is 7.52. The van der Waals surface area contributed by atoms with Gasteiger partial charge in [-0.1, -0.05) is 0 Å². The van der Waals surface area contributed by atoms with Crippen LogP contribution >= 0.6 is 0 Å². The summed E-state index contributed by atoms with van der Waals surface area (Å²) >= 11 is 0. The molecule has 26 heavy (non-hydrogen) atoms. The zero-order valence-corrected chi connectivity index (χ0v) is 13.7. The van der Waals surface area contributed by atoms with E-state index in [1.54, 1.807) is 0 Å². The number of amides is 1. The lowest BCUT2D eigenvalue weighted by molar-refractivity contribution is 0.0938. The molecule has 0 saturated carbocycles. The van der Waals surface area contributed by atoms with Crippen LogP contribution in [0.4, 0.5) is 13.2 Å². The summed E-state index contributed by atoms with van der Waals surface area (Å²) in [6, 6.07) is 6.44. The number of nitrogens with zero attached hydrogens (tertiary/aromatic N) is 3. The summed E-state index contributed by atoms with van der Waals surface area (Å²) in [6.07, 6.45) is -1.64. The minimum absolute atomic E-state index is 0.00274. The summed E-state index contributed by atoms with van der Waals surface area (Å²) < 4.78 is 45.8. The van der Waals surface area contributed by atoms with Gasteiger partial charge in [0.05, 0.1) is 18.5 Å². The Kier molecular flexibility index (Phi) is 5.17. The molecule has 0 unspecified atom stereocenters.